The summed E-state index contributed by atoms with van der Waals surface area (Å²) in [5.41, 5.74) is 5.51. The lowest BCUT2D eigenvalue weighted by molar-refractivity contribution is 0.149. The topological polar surface area (TPSA) is 38.2 Å². The van der Waals surface area contributed by atoms with E-state index in [4.69, 9.17) is 4.74 Å². The molecule has 4 rings (SSSR count). The van der Waals surface area contributed by atoms with Gasteiger partial charge in [-0.05, 0) is 79.7 Å². The van der Waals surface area contributed by atoms with Gasteiger partial charge < -0.3 is 9.64 Å². The second kappa shape index (κ2) is 7.65. The molecule has 2 aromatic rings. The first-order chi connectivity index (χ1) is 12.7. The van der Waals surface area contributed by atoms with Gasteiger partial charge in [0.25, 0.3) is 0 Å². The molecule has 1 aliphatic heterocycles. The summed E-state index contributed by atoms with van der Waals surface area (Å²) >= 11 is 0. The minimum absolute atomic E-state index is 0.511. The lowest BCUT2D eigenvalue weighted by Crippen LogP contribution is -2.28. The summed E-state index contributed by atoms with van der Waals surface area (Å²) in [6, 6.07) is 7.57. The summed E-state index contributed by atoms with van der Waals surface area (Å²) in [7, 11) is 0. The maximum atomic E-state index is 5.78. The molecule has 1 saturated carbocycles. The quantitative estimate of drug-likeness (QED) is 0.767. The Morgan fingerprint density at radius 2 is 1.85 bits per heavy atom. The molecule has 0 spiro atoms. The largest absolute Gasteiger partial charge is 0.463 e. The van der Waals surface area contributed by atoms with E-state index in [2.05, 4.69) is 46.9 Å². The van der Waals surface area contributed by atoms with E-state index >= 15 is 0 Å². The maximum Gasteiger partial charge on any atom is 0.316 e. The van der Waals surface area contributed by atoms with Gasteiger partial charge in [-0.15, -0.1) is 0 Å². The first-order valence-electron chi connectivity index (χ1n) is 10.0. The van der Waals surface area contributed by atoms with E-state index in [1.807, 2.05) is 12.4 Å². The van der Waals surface area contributed by atoms with Crippen LogP contribution in [-0.2, 0) is 6.42 Å². The molecule has 0 N–H and O–H groups in total. The highest BCUT2D eigenvalue weighted by Crippen LogP contribution is 2.43. The van der Waals surface area contributed by atoms with Crippen LogP contribution in [0.25, 0.3) is 0 Å². The summed E-state index contributed by atoms with van der Waals surface area (Å²) in [5, 5.41) is 0. The standard InChI is InChI=1S/C22H29N3O/c1-3-17-13-23-22(24-14-17)26-15-18-11-19(12-18)21-7-6-20(10-16(21)2)25-8-4-5-9-25/h6-7,10,13-14,18-19H,3-5,8-9,11-12,15H2,1-2H3/t18-,19-. The predicted molar refractivity (Wildman–Crippen MR) is 105 cm³/mol. The predicted octanol–water partition coefficient (Wildman–Crippen LogP) is 4.52. The Bertz CT molecular complexity index is 732. The molecule has 0 bridgehead atoms. The van der Waals surface area contributed by atoms with Gasteiger partial charge in [-0.3, -0.25) is 0 Å². The smallest absolute Gasteiger partial charge is 0.316 e. The Kier molecular flexibility index (Phi) is 5.09. The van der Waals surface area contributed by atoms with Gasteiger partial charge in [0.2, 0.25) is 0 Å². The van der Waals surface area contributed by atoms with Gasteiger partial charge in [0.05, 0.1) is 6.61 Å². The molecule has 2 aliphatic rings. The molecule has 2 fully saturated rings. The van der Waals surface area contributed by atoms with Crippen LogP contribution in [0, 0.1) is 12.8 Å². The minimum atomic E-state index is 0.511. The first-order valence-corrected chi connectivity index (χ1v) is 10.0. The van der Waals surface area contributed by atoms with Gasteiger partial charge in [0.1, 0.15) is 0 Å². The molecule has 4 nitrogen and oxygen atoms in total. The summed E-state index contributed by atoms with van der Waals surface area (Å²) in [5.74, 6) is 1.30. The van der Waals surface area contributed by atoms with E-state index in [0.29, 0.717) is 17.8 Å². The molecular formula is C22H29N3O. The molecule has 138 valence electrons. The Morgan fingerprint density at radius 3 is 2.50 bits per heavy atom. The molecular weight excluding hydrogens is 322 g/mol. The summed E-state index contributed by atoms with van der Waals surface area (Å²) in [4.78, 5) is 11.1. The molecule has 4 heteroatoms. The summed E-state index contributed by atoms with van der Waals surface area (Å²) in [6.45, 7) is 7.52. The van der Waals surface area contributed by atoms with E-state index in [1.54, 1.807) is 0 Å². The third-order valence-electron chi connectivity index (χ3n) is 5.94. The first kappa shape index (κ1) is 17.3. The number of anilines is 1. The van der Waals surface area contributed by atoms with Crippen LogP contribution in [0.5, 0.6) is 6.01 Å². The Labute approximate surface area is 156 Å². The summed E-state index contributed by atoms with van der Waals surface area (Å²) in [6.07, 6.45) is 9.74. The molecule has 0 radical (unpaired) electrons. The fourth-order valence-corrected chi connectivity index (χ4v) is 4.21. The lowest BCUT2D eigenvalue weighted by Gasteiger charge is -2.36. The van der Waals surface area contributed by atoms with Crippen LogP contribution in [0.3, 0.4) is 0 Å². The van der Waals surface area contributed by atoms with Crippen molar-refractivity contribution in [1.82, 2.24) is 9.97 Å². The number of benzene rings is 1. The zero-order valence-electron chi connectivity index (χ0n) is 15.9. The highest BCUT2D eigenvalue weighted by Gasteiger charge is 2.32. The van der Waals surface area contributed by atoms with Crippen molar-refractivity contribution in [2.45, 2.75) is 51.9 Å². The van der Waals surface area contributed by atoms with E-state index in [1.165, 1.54) is 55.6 Å². The lowest BCUT2D eigenvalue weighted by atomic mass is 9.71. The van der Waals surface area contributed by atoms with Crippen molar-refractivity contribution in [2.75, 3.05) is 24.6 Å². The van der Waals surface area contributed by atoms with Gasteiger partial charge in [-0.2, -0.15) is 0 Å². The molecule has 1 aromatic heterocycles. The number of rotatable bonds is 6. The van der Waals surface area contributed by atoms with Crippen LogP contribution < -0.4 is 9.64 Å². The number of aryl methyl sites for hydroxylation is 2. The normalized spacial score (nSPS) is 22.3. The van der Waals surface area contributed by atoms with Crippen molar-refractivity contribution in [3.63, 3.8) is 0 Å². The van der Waals surface area contributed by atoms with Crippen LogP contribution >= 0.6 is 0 Å². The second-order valence-electron chi connectivity index (χ2n) is 7.81. The zero-order chi connectivity index (χ0) is 17.9. The molecule has 1 saturated heterocycles. The number of hydrogen-bond donors (Lipinski definition) is 0. The van der Waals surface area contributed by atoms with E-state index < -0.39 is 0 Å². The van der Waals surface area contributed by atoms with Gasteiger partial charge in [-0.1, -0.05) is 13.0 Å². The number of ether oxygens (including phenoxy) is 1. The van der Waals surface area contributed by atoms with Crippen LogP contribution in [0.4, 0.5) is 5.69 Å². The van der Waals surface area contributed by atoms with Crippen molar-refractivity contribution in [3.05, 3.63) is 47.3 Å². The molecule has 1 aromatic carbocycles. The molecule has 26 heavy (non-hydrogen) atoms. The Hall–Kier alpha value is -2.10. The van der Waals surface area contributed by atoms with Crippen LogP contribution in [0.15, 0.2) is 30.6 Å². The molecule has 0 amide bonds. The van der Waals surface area contributed by atoms with Crippen LogP contribution in [0.1, 0.15) is 55.2 Å². The minimum Gasteiger partial charge on any atom is -0.463 e. The molecule has 0 unspecified atom stereocenters. The number of nitrogens with zero attached hydrogens (tertiary/aromatic N) is 3. The van der Waals surface area contributed by atoms with E-state index in [9.17, 15) is 0 Å². The highest BCUT2D eigenvalue weighted by molar-refractivity contribution is 5.52. The van der Waals surface area contributed by atoms with Crippen molar-refractivity contribution >= 4 is 5.69 Å². The average molecular weight is 351 g/mol. The SMILES string of the molecule is CCc1cnc(OC[C@H]2C[C@H](c3ccc(N4CCCC4)cc3C)C2)nc1. The van der Waals surface area contributed by atoms with Gasteiger partial charge in [0.15, 0.2) is 0 Å². The van der Waals surface area contributed by atoms with Crippen LogP contribution in [0.2, 0.25) is 0 Å². The monoisotopic (exact) mass is 351 g/mol. The van der Waals surface area contributed by atoms with E-state index in [-0.39, 0.29) is 0 Å². The van der Waals surface area contributed by atoms with Gasteiger partial charge >= 0.3 is 6.01 Å². The van der Waals surface area contributed by atoms with Crippen molar-refractivity contribution in [2.24, 2.45) is 5.92 Å². The van der Waals surface area contributed by atoms with Crippen molar-refractivity contribution in [3.8, 4) is 6.01 Å². The zero-order valence-corrected chi connectivity index (χ0v) is 15.9. The molecule has 0 atom stereocenters. The third-order valence-corrected chi connectivity index (χ3v) is 5.94. The third kappa shape index (κ3) is 3.69. The fraction of sp³-hybridized carbons (Fsp3) is 0.545. The van der Waals surface area contributed by atoms with Crippen molar-refractivity contribution < 1.29 is 4.74 Å². The number of hydrogen-bond acceptors (Lipinski definition) is 4. The fourth-order valence-electron chi connectivity index (χ4n) is 4.21. The molecule has 2 heterocycles. The van der Waals surface area contributed by atoms with Crippen LogP contribution in [-0.4, -0.2) is 29.7 Å². The molecule has 1 aliphatic carbocycles. The second-order valence-corrected chi connectivity index (χ2v) is 7.81. The average Bonchev–Trinajstić information content (AvgIpc) is 3.16. The van der Waals surface area contributed by atoms with Crippen molar-refractivity contribution in [1.29, 1.82) is 0 Å². The number of aromatic nitrogens is 2. The Morgan fingerprint density at radius 1 is 1.12 bits per heavy atom. The highest BCUT2D eigenvalue weighted by atomic mass is 16.5. The van der Waals surface area contributed by atoms with Gasteiger partial charge in [0, 0.05) is 31.2 Å². The summed E-state index contributed by atoms with van der Waals surface area (Å²) < 4.78 is 5.78. The van der Waals surface area contributed by atoms with Gasteiger partial charge in [-0.25, -0.2) is 9.97 Å². The van der Waals surface area contributed by atoms with E-state index in [0.717, 1.165) is 18.6 Å². The maximum absolute atomic E-state index is 5.78. The Balaban J connectivity index is 1.28.